The molecule has 1 saturated carbocycles. The molecule has 2 aliphatic carbocycles. The van der Waals surface area contributed by atoms with Gasteiger partial charge in [-0.3, -0.25) is 0 Å². The number of allylic oxidation sites excluding steroid dienone is 1. The molecule has 0 aromatic carbocycles. The summed E-state index contributed by atoms with van der Waals surface area (Å²) in [5, 5.41) is 9.33. The molecular formula is C16H22N6O. The number of hydrogen-bond donors (Lipinski definition) is 2. The summed E-state index contributed by atoms with van der Waals surface area (Å²) >= 11 is 0. The molecule has 0 bridgehead atoms. The maximum Gasteiger partial charge on any atom is 0.224 e. The summed E-state index contributed by atoms with van der Waals surface area (Å²) in [6.07, 6.45) is 9.25. The second kappa shape index (κ2) is 5.49. The van der Waals surface area contributed by atoms with Gasteiger partial charge in [-0.25, -0.2) is 4.98 Å². The van der Waals surface area contributed by atoms with Gasteiger partial charge in [0.15, 0.2) is 17.0 Å². The van der Waals surface area contributed by atoms with Crippen LogP contribution in [0.3, 0.4) is 0 Å². The van der Waals surface area contributed by atoms with E-state index in [0.29, 0.717) is 6.04 Å². The molecule has 4 rings (SSSR count). The second-order valence-corrected chi connectivity index (χ2v) is 6.38. The van der Waals surface area contributed by atoms with Gasteiger partial charge in [0.2, 0.25) is 5.95 Å². The van der Waals surface area contributed by atoms with Crippen molar-refractivity contribution in [2.45, 2.75) is 38.3 Å². The van der Waals surface area contributed by atoms with Crippen molar-refractivity contribution in [1.29, 1.82) is 0 Å². The Hall–Kier alpha value is -2.15. The van der Waals surface area contributed by atoms with Crippen LogP contribution in [-0.2, 0) is 0 Å². The molecule has 0 amide bonds. The van der Waals surface area contributed by atoms with E-state index in [2.05, 4.69) is 38.9 Å². The van der Waals surface area contributed by atoms with E-state index in [1.165, 1.54) is 12.8 Å². The standard InChI is InChI=1S/C16H22N6O/c1-2-21(11-5-6-11)14-13-15(20-16(17)19-14)22(9-18-13)12-4-3-10(7-12)8-23/h3-4,9-12,23H,2,5-8H2,1H3,(H2,17,19,20)/t10-,12+/m0/s1. The van der Waals surface area contributed by atoms with Crippen LogP contribution in [0.25, 0.3) is 11.2 Å². The predicted octanol–water partition coefficient (Wildman–Crippen LogP) is 1.51. The molecule has 7 heteroatoms. The number of nitrogen functional groups attached to an aromatic ring is 1. The summed E-state index contributed by atoms with van der Waals surface area (Å²) in [6, 6.07) is 0.711. The van der Waals surface area contributed by atoms with Crippen LogP contribution in [0.1, 0.15) is 32.2 Å². The van der Waals surface area contributed by atoms with Gasteiger partial charge < -0.3 is 20.3 Å². The lowest BCUT2D eigenvalue weighted by Gasteiger charge is -2.22. The molecule has 2 aliphatic rings. The first kappa shape index (κ1) is 14.4. The molecule has 0 spiro atoms. The monoisotopic (exact) mass is 314 g/mol. The minimum absolute atomic E-state index is 0.162. The van der Waals surface area contributed by atoms with E-state index in [1.54, 1.807) is 0 Å². The maximum atomic E-state index is 9.33. The smallest absolute Gasteiger partial charge is 0.224 e. The number of hydrogen-bond acceptors (Lipinski definition) is 6. The molecule has 3 N–H and O–H groups in total. The van der Waals surface area contributed by atoms with Gasteiger partial charge in [0.25, 0.3) is 0 Å². The minimum Gasteiger partial charge on any atom is -0.396 e. The van der Waals surface area contributed by atoms with Crippen LogP contribution in [0.4, 0.5) is 11.8 Å². The van der Waals surface area contributed by atoms with Crippen molar-refractivity contribution in [3.8, 4) is 0 Å². The number of rotatable bonds is 5. The second-order valence-electron chi connectivity index (χ2n) is 6.38. The van der Waals surface area contributed by atoms with Crippen molar-refractivity contribution in [2.24, 2.45) is 5.92 Å². The van der Waals surface area contributed by atoms with Crippen molar-refractivity contribution < 1.29 is 5.11 Å². The highest BCUT2D eigenvalue weighted by Crippen LogP contribution is 2.36. The Balaban J connectivity index is 1.77. The van der Waals surface area contributed by atoms with Crippen LogP contribution in [0.5, 0.6) is 0 Å². The molecule has 23 heavy (non-hydrogen) atoms. The van der Waals surface area contributed by atoms with Crippen LogP contribution in [0.2, 0.25) is 0 Å². The molecule has 122 valence electrons. The molecule has 0 aliphatic heterocycles. The van der Waals surface area contributed by atoms with Crippen molar-refractivity contribution in [1.82, 2.24) is 19.5 Å². The Morgan fingerprint density at radius 2 is 2.17 bits per heavy atom. The van der Waals surface area contributed by atoms with Gasteiger partial charge in [0.05, 0.1) is 12.4 Å². The average molecular weight is 314 g/mol. The number of aliphatic hydroxyl groups excluding tert-OH is 1. The Morgan fingerprint density at radius 3 is 2.83 bits per heavy atom. The zero-order chi connectivity index (χ0) is 16.0. The number of nitrogens with two attached hydrogens (primary N) is 1. The zero-order valence-corrected chi connectivity index (χ0v) is 13.3. The first-order valence-corrected chi connectivity index (χ1v) is 8.27. The lowest BCUT2D eigenvalue weighted by atomic mass is 10.1. The maximum absolute atomic E-state index is 9.33. The van der Waals surface area contributed by atoms with E-state index >= 15 is 0 Å². The van der Waals surface area contributed by atoms with Crippen molar-refractivity contribution in [2.75, 3.05) is 23.8 Å². The van der Waals surface area contributed by atoms with Gasteiger partial charge in [-0.05, 0) is 26.2 Å². The lowest BCUT2D eigenvalue weighted by Crippen LogP contribution is -2.27. The third-order valence-corrected chi connectivity index (χ3v) is 4.76. The van der Waals surface area contributed by atoms with Gasteiger partial charge >= 0.3 is 0 Å². The van der Waals surface area contributed by atoms with E-state index in [4.69, 9.17) is 5.73 Å². The van der Waals surface area contributed by atoms with Crippen LogP contribution in [0.15, 0.2) is 18.5 Å². The lowest BCUT2D eigenvalue weighted by molar-refractivity contribution is 0.244. The number of nitrogens with zero attached hydrogens (tertiary/aromatic N) is 5. The highest BCUT2D eigenvalue weighted by Gasteiger charge is 2.32. The van der Waals surface area contributed by atoms with Gasteiger partial charge in [0.1, 0.15) is 0 Å². The van der Waals surface area contributed by atoms with E-state index in [1.807, 2.05) is 10.9 Å². The van der Waals surface area contributed by atoms with Crippen LogP contribution < -0.4 is 10.6 Å². The van der Waals surface area contributed by atoms with Crippen molar-refractivity contribution >= 4 is 22.9 Å². The largest absolute Gasteiger partial charge is 0.396 e. The predicted molar refractivity (Wildman–Crippen MR) is 89.1 cm³/mol. The van der Waals surface area contributed by atoms with E-state index in [0.717, 1.165) is 29.9 Å². The van der Waals surface area contributed by atoms with Gasteiger partial charge in [0, 0.05) is 25.1 Å². The van der Waals surface area contributed by atoms with Crippen molar-refractivity contribution in [3.05, 3.63) is 18.5 Å². The van der Waals surface area contributed by atoms with E-state index < -0.39 is 0 Å². The fraction of sp³-hybridized carbons (Fsp3) is 0.562. The molecule has 0 radical (unpaired) electrons. The molecule has 2 aromatic rings. The highest BCUT2D eigenvalue weighted by atomic mass is 16.3. The first-order valence-electron chi connectivity index (χ1n) is 8.27. The normalized spacial score (nSPS) is 23.7. The average Bonchev–Trinajstić information content (AvgIpc) is 3.11. The Morgan fingerprint density at radius 1 is 1.35 bits per heavy atom. The Bertz CT molecular complexity index is 750. The highest BCUT2D eigenvalue weighted by molar-refractivity contribution is 5.85. The van der Waals surface area contributed by atoms with Crippen molar-refractivity contribution in [3.63, 3.8) is 0 Å². The van der Waals surface area contributed by atoms with E-state index in [9.17, 15) is 5.11 Å². The molecule has 0 unspecified atom stereocenters. The SMILES string of the molecule is CCN(c1nc(N)nc2c1ncn2[C@@H]1C=C[C@H](CO)C1)C1CC1. The van der Waals surface area contributed by atoms with Crippen LogP contribution in [-0.4, -0.2) is 43.8 Å². The summed E-state index contributed by atoms with van der Waals surface area (Å²) in [5.41, 5.74) is 7.56. The fourth-order valence-electron chi connectivity index (χ4n) is 3.42. The number of imidazole rings is 1. The first-order chi connectivity index (χ1) is 11.2. The van der Waals surface area contributed by atoms with Gasteiger partial charge in [-0.1, -0.05) is 12.2 Å². The zero-order valence-electron chi connectivity index (χ0n) is 13.3. The molecule has 2 heterocycles. The topological polar surface area (TPSA) is 93.1 Å². The molecule has 7 nitrogen and oxygen atoms in total. The summed E-state index contributed by atoms with van der Waals surface area (Å²) < 4.78 is 2.05. The number of aromatic nitrogens is 4. The number of fused-ring (bicyclic) bond motifs is 1. The number of aliphatic hydroxyl groups is 1. The van der Waals surface area contributed by atoms with Crippen LogP contribution in [0, 0.1) is 5.92 Å². The molecule has 2 aromatic heterocycles. The Labute approximate surface area is 134 Å². The summed E-state index contributed by atoms with van der Waals surface area (Å²) in [6.45, 7) is 3.19. The molecule has 0 saturated heterocycles. The molecule has 2 atom stereocenters. The van der Waals surface area contributed by atoms with E-state index in [-0.39, 0.29) is 24.5 Å². The quantitative estimate of drug-likeness (QED) is 0.813. The summed E-state index contributed by atoms with van der Waals surface area (Å²) in [5.74, 6) is 1.33. The summed E-state index contributed by atoms with van der Waals surface area (Å²) in [4.78, 5) is 15.8. The fourth-order valence-corrected chi connectivity index (χ4v) is 3.42. The van der Waals surface area contributed by atoms with Gasteiger partial charge in [-0.2, -0.15) is 9.97 Å². The number of anilines is 2. The molecular weight excluding hydrogens is 292 g/mol. The summed E-state index contributed by atoms with van der Waals surface area (Å²) in [7, 11) is 0. The third kappa shape index (κ3) is 2.45. The third-order valence-electron chi connectivity index (χ3n) is 4.76. The van der Waals surface area contributed by atoms with Crippen LogP contribution >= 0.6 is 0 Å². The molecule has 1 fully saturated rings. The van der Waals surface area contributed by atoms with Gasteiger partial charge in [-0.15, -0.1) is 0 Å². The minimum atomic E-state index is 0.162. The Kier molecular flexibility index (Phi) is 3.45.